The lowest BCUT2D eigenvalue weighted by Gasteiger charge is -2.23. The largest absolute Gasteiger partial charge is 0.314 e. The molecule has 218 valence electrons. The zero-order valence-corrected chi connectivity index (χ0v) is 26.9. The summed E-state index contributed by atoms with van der Waals surface area (Å²) in [4.78, 5) is 0. The molecule has 1 aliphatic rings. The molecule has 1 atom stereocenters. The molecule has 0 fully saturated rings. The zero-order valence-electron chi connectivity index (χ0n) is 26.0. The first-order valence-corrected chi connectivity index (χ1v) is 16.9. The van der Waals surface area contributed by atoms with Gasteiger partial charge in [0, 0.05) is 5.41 Å². The molecule has 0 saturated carbocycles. The van der Waals surface area contributed by atoms with Crippen molar-refractivity contribution in [2.24, 2.45) is 5.73 Å². The van der Waals surface area contributed by atoms with Gasteiger partial charge in [-0.25, -0.2) is 0 Å². The topological polar surface area (TPSA) is 26.0 Å². The van der Waals surface area contributed by atoms with Gasteiger partial charge in [-0.1, -0.05) is 141 Å². The number of hydrogen-bond acceptors (Lipinski definition) is 1. The van der Waals surface area contributed by atoms with Gasteiger partial charge in [-0.3, -0.25) is 0 Å². The van der Waals surface area contributed by atoms with E-state index in [1.54, 1.807) is 0 Å². The standard InChI is InChI=1S/C43H36NP/c1-4-13-42(44)31-22-20-30(21-23-31)33-26-34(32-24-25-39-38-18-11-12-19-40(38)43(2,3)41(39)29-32)28-37(27-33)45(35-14-7-5-8-15-35)36-16-9-6-10-17-36/h5-12,14-29,42H,44H2,1-3H3. The Bertz CT molecular complexity index is 2010. The molecule has 0 bridgehead atoms. The summed E-state index contributed by atoms with van der Waals surface area (Å²) in [7, 11) is -0.781. The van der Waals surface area contributed by atoms with E-state index in [1.165, 1.54) is 60.4 Å². The van der Waals surface area contributed by atoms with E-state index in [4.69, 9.17) is 5.73 Å². The van der Waals surface area contributed by atoms with Crippen LogP contribution in [0.25, 0.3) is 33.4 Å². The third kappa shape index (κ3) is 5.43. The van der Waals surface area contributed by atoms with Gasteiger partial charge in [-0.2, -0.15) is 0 Å². The summed E-state index contributed by atoms with van der Waals surface area (Å²) in [5.41, 5.74) is 17.6. The summed E-state index contributed by atoms with van der Waals surface area (Å²) >= 11 is 0. The highest BCUT2D eigenvalue weighted by Crippen LogP contribution is 2.49. The molecule has 6 aromatic rings. The Hall–Kier alpha value is -4.73. The maximum Gasteiger partial charge on any atom is 0.0920 e. The maximum atomic E-state index is 6.31. The van der Waals surface area contributed by atoms with Crippen molar-refractivity contribution in [2.75, 3.05) is 0 Å². The van der Waals surface area contributed by atoms with Crippen LogP contribution in [0.1, 0.15) is 43.5 Å². The minimum atomic E-state index is -0.781. The predicted molar refractivity (Wildman–Crippen MR) is 194 cm³/mol. The molecule has 1 unspecified atom stereocenters. The van der Waals surface area contributed by atoms with Gasteiger partial charge in [0.05, 0.1) is 6.04 Å². The Morgan fingerprint density at radius 3 is 1.73 bits per heavy atom. The highest BCUT2D eigenvalue weighted by atomic mass is 31.1. The second-order valence-electron chi connectivity index (χ2n) is 12.2. The number of hydrogen-bond donors (Lipinski definition) is 1. The van der Waals surface area contributed by atoms with Gasteiger partial charge in [0.2, 0.25) is 0 Å². The molecule has 1 nitrogen and oxygen atoms in total. The van der Waals surface area contributed by atoms with Crippen molar-refractivity contribution < 1.29 is 0 Å². The quantitative estimate of drug-likeness (QED) is 0.150. The molecule has 0 aliphatic heterocycles. The van der Waals surface area contributed by atoms with Crippen LogP contribution in [0.5, 0.6) is 0 Å². The van der Waals surface area contributed by atoms with E-state index in [0.717, 1.165) is 5.56 Å². The third-order valence-corrected chi connectivity index (χ3v) is 11.4. The van der Waals surface area contributed by atoms with Crippen molar-refractivity contribution in [1.29, 1.82) is 0 Å². The molecule has 45 heavy (non-hydrogen) atoms. The van der Waals surface area contributed by atoms with Crippen LogP contribution in [-0.4, -0.2) is 0 Å². The predicted octanol–water partition coefficient (Wildman–Crippen LogP) is 9.11. The molecule has 6 aromatic carbocycles. The van der Waals surface area contributed by atoms with Crippen LogP contribution in [0.4, 0.5) is 0 Å². The van der Waals surface area contributed by atoms with Crippen LogP contribution >= 0.6 is 7.92 Å². The lowest BCUT2D eigenvalue weighted by Crippen LogP contribution is -2.21. The van der Waals surface area contributed by atoms with Crippen LogP contribution < -0.4 is 21.6 Å². The van der Waals surface area contributed by atoms with Crippen molar-refractivity contribution in [2.45, 2.75) is 32.2 Å². The van der Waals surface area contributed by atoms with Crippen molar-refractivity contribution in [1.82, 2.24) is 0 Å². The summed E-state index contributed by atoms with van der Waals surface area (Å²) in [6, 6.07) is 53.3. The molecule has 7 rings (SSSR count). The van der Waals surface area contributed by atoms with Crippen LogP contribution in [0.2, 0.25) is 0 Å². The Balaban J connectivity index is 1.41. The Kier molecular flexibility index (Phi) is 7.73. The van der Waals surface area contributed by atoms with Gasteiger partial charge in [-0.15, -0.1) is 5.92 Å². The third-order valence-electron chi connectivity index (χ3n) is 9.02. The van der Waals surface area contributed by atoms with E-state index in [0.29, 0.717) is 0 Å². The van der Waals surface area contributed by atoms with E-state index in [-0.39, 0.29) is 11.5 Å². The van der Waals surface area contributed by atoms with Crippen molar-refractivity contribution in [3.63, 3.8) is 0 Å². The first-order valence-electron chi connectivity index (χ1n) is 15.5. The SMILES string of the molecule is CC#CC(N)c1ccc(-c2cc(-c3ccc4c(c3)C(C)(C)c3ccccc3-4)cc(P(c3ccccc3)c3ccccc3)c2)cc1. The minimum Gasteiger partial charge on any atom is -0.314 e. The van der Waals surface area contributed by atoms with Gasteiger partial charge in [-0.05, 0) is 105 Å². The lowest BCUT2D eigenvalue weighted by molar-refractivity contribution is 0.660. The highest BCUT2D eigenvalue weighted by Gasteiger charge is 2.35. The summed E-state index contributed by atoms with van der Waals surface area (Å²) in [6.07, 6.45) is 0. The van der Waals surface area contributed by atoms with E-state index in [9.17, 15) is 0 Å². The second-order valence-corrected chi connectivity index (χ2v) is 14.4. The fourth-order valence-electron chi connectivity index (χ4n) is 6.68. The molecule has 0 amide bonds. The second kappa shape index (κ2) is 12.0. The van der Waals surface area contributed by atoms with Crippen LogP contribution in [0.15, 0.2) is 146 Å². The molecular formula is C43H36NP. The zero-order chi connectivity index (χ0) is 31.0. The molecule has 2 N–H and O–H groups in total. The average Bonchev–Trinajstić information content (AvgIpc) is 3.32. The van der Waals surface area contributed by atoms with Gasteiger partial charge < -0.3 is 5.73 Å². The number of nitrogens with two attached hydrogens (primary N) is 1. The van der Waals surface area contributed by atoms with Crippen molar-refractivity contribution in [3.8, 4) is 45.2 Å². The molecule has 0 radical (unpaired) electrons. The van der Waals surface area contributed by atoms with Gasteiger partial charge >= 0.3 is 0 Å². The number of rotatable bonds is 6. The highest BCUT2D eigenvalue weighted by molar-refractivity contribution is 7.79. The smallest absolute Gasteiger partial charge is 0.0920 e. The fraction of sp³-hybridized carbons (Fsp3) is 0.116. The number of benzene rings is 6. The van der Waals surface area contributed by atoms with Gasteiger partial charge in [0.25, 0.3) is 0 Å². The minimum absolute atomic E-state index is 0.0565. The molecular weight excluding hydrogens is 561 g/mol. The normalized spacial score (nSPS) is 13.4. The molecule has 0 saturated heterocycles. The maximum absolute atomic E-state index is 6.31. The van der Waals surface area contributed by atoms with E-state index in [2.05, 4.69) is 171 Å². The summed E-state index contributed by atoms with van der Waals surface area (Å²) in [5.74, 6) is 6.02. The van der Waals surface area contributed by atoms with E-state index < -0.39 is 7.92 Å². The van der Waals surface area contributed by atoms with Crippen LogP contribution in [0, 0.1) is 11.8 Å². The summed E-state index contributed by atoms with van der Waals surface area (Å²) in [6.45, 7) is 6.53. The fourth-order valence-corrected chi connectivity index (χ4v) is 9.05. The van der Waals surface area contributed by atoms with Crippen LogP contribution in [-0.2, 0) is 5.41 Å². The van der Waals surface area contributed by atoms with E-state index >= 15 is 0 Å². The van der Waals surface area contributed by atoms with Gasteiger partial charge in [0.15, 0.2) is 0 Å². The molecule has 1 aliphatic carbocycles. The first kappa shape index (κ1) is 29.0. The Morgan fingerprint density at radius 2 is 1.09 bits per heavy atom. The summed E-state index contributed by atoms with van der Waals surface area (Å²) < 4.78 is 0. The van der Waals surface area contributed by atoms with Crippen molar-refractivity contribution in [3.05, 3.63) is 162 Å². The number of fused-ring (bicyclic) bond motifs is 3. The van der Waals surface area contributed by atoms with Crippen LogP contribution in [0.3, 0.4) is 0 Å². The molecule has 0 aromatic heterocycles. The molecule has 0 spiro atoms. The molecule has 2 heteroatoms. The summed E-state index contributed by atoms with van der Waals surface area (Å²) in [5, 5.41) is 4.01. The lowest BCUT2D eigenvalue weighted by atomic mass is 9.81. The Morgan fingerprint density at radius 1 is 0.533 bits per heavy atom. The first-order chi connectivity index (χ1) is 21.9. The average molecular weight is 598 g/mol. The van der Waals surface area contributed by atoms with Crippen molar-refractivity contribution >= 4 is 23.8 Å². The molecule has 0 heterocycles. The Labute approximate surface area is 268 Å². The monoisotopic (exact) mass is 597 g/mol. The van der Waals surface area contributed by atoms with E-state index in [1.807, 2.05) is 6.92 Å². The van der Waals surface area contributed by atoms with Gasteiger partial charge in [0.1, 0.15) is 0 Å².